The van der Waals surface area contributed by atoms with Gasteiger partial charge in [0.1, 0.15) is 11.6 Å². The van der Waals surface area contributed by atoms with Crippen LogP contribution in [0.25, 0.3) is 0 Å². The minimum Gasteiger partial charge on any atom is -0.394 e. The number of nitrogens with zero attached hydrogens (tertiary/aromatic N) is 3. The molecule has 3 heterocycles. The van der Waals surface area contributed by atoms with Crippen LogP contribution in [0.2, 0.25) is 0 Å². The van der Waals surface area contributed by atoms with Crippen molar-refractivity contribution in [2.75, 3.05) is 29.5 Å². The average Bonchev–Trinajstić information content (AvgIpc) is 3.57. The van der Waals surface area contributed by atoms with E-state index in [1.807, 2.05) is 76.2 Å². The molecule has 5 rings (SSSR count). The van der Waals surface area contributed by atoms with Gasteiger partial charge in [-0.05, 0) is 69.4 Å². The standard InChI is InChI=1S/C35H43N3O5/c1-7-19-36(26-13-11-10-12-14-26)31(40)28-29-32(41)38(25(9-3)22-39)30(35(29)18-17-34(28,6)43-35)33(42)37(20-8-2)27-21-23(4)15-16-24(27)5/h7-8,10-16,21,25,28-30,39H,1-2,9,17-20,22H2,3-6H3/t25-,28+,29-,30?,34-,35?/m0/s1. The molecule has 3 fully saturated rings. The van der Waals surface area contributed by atoms with Crippen LogP contribution in [0.1, 0.15) is 44.2 Å². The summed E-state index contributed by atoms with van der Waals surface area (Å²) in [7, 11) is 0. The summed E-state index contributed by atoms with van der Waals surface area (Å²) in [5.41, 5.74) is 1.22. The van der Waals surface area contributed by atoms with Crippen LogP contribution in [0.3, 0.4) is 0 Å². The van der Waals surface area contributed by atoms with Crippen LogP contribution in [-0.2, 0) is 19.1 Å². The molecule has 0 radical (unpaired) electrons. The van der Waals surface area contributed by atoms with Crippen molar-refractivity contribution < 1.29 is 24.2 Å². The number of aryl methyl sites for hydroxylation is 2. The summed E-state index contributed by atoms with van der Waals surface area (Å²) in [6.07, 6.45) is 4.78. The molecule has 1 spiro atoms. The number of rotatable bonds is 11. The maximum absolute atomic E-state index is 14.9. The van der Waals surface area contributed by atoms with Crippen LogP contribution in [0.4, 0.5) is 11.4 Å². The topological polar surface area (TPSA) is 90.4 Å². The van der Waals surface area contributed by atoms with Crippen molar-refractivity contribution in [3.05, 3.63) is 85.0 Å². The number of carbonyl (C=O) groups is 3. The Balaban J connectivity index is 1.64. The van der Waals surface area contributed by atoms with Crippen LogP contribution in [-0.4, -0.2) is 70.7 Å². The van der Waals surface area contributed by atoms with Gasteiger partial charge in [-0.1, -0.05) is 49.4 Å². The van der Waals surface area contributed by atoms with Gasteiger partial charge in [-0.2, -0.15) is 0 Å². The molecule has 2 bridgehead atoms. The smallest absolute Gasteiger partial charge is 0.253 e. The summed E-state index contributed by atoms with van der Waals surface area (Å²) in [4.78, 5) is 48.9. The van der Waals surface area contributed by atoms with Gasteiger partial charge >= 0.3 is 0 Å². The first-order valence-electron chi connectivity index (χ1n) is 15.2. The highest BCUT2D eigenvalue weighted by atomic mass is 16.5. The van der Waals surface area contributed by atoms with Crippen LogP contribution in [0.15, 0.2) is 73.8 Å². The lowest BCUT2D eigenvalue weighted by molar-refractivity contribution is -0.148. The number of aliphatic hydroxyl groups is 1. The second kappa shape index (κ2) is 11.7. The van der Waals surface area contributed by atoms with Crippen molar-refractivity contribution >= 4 is 29.1 Å². The molecule has 43 heavy (non-hydrogen) atoms. The van der Waals surface area contributed by atoms with Crippen LogP contribution in [0.5, 0.6) is 0 Å². The molecule has 2 unspecified atom stereocenters. The molecule has 8 heteroatoms. The van der Waals surface area contributed by atoms with Gasteiger partial charge in [0.05, 0.1) is 30.1 Å². The van der Waals surface area contributed by atoms with Crippen molar-refractivity contribution in [3.8, 4) is 0 Å². The first-order chi connectivity index (χ1) is 20.6. The van der Waals surface area contributed by atoms with Crippen LogP contribution >= 0.6 is 0 Å². The first-order valence-corrected chi connectivity index (χ1v) is 15.2. The predicted octanol–water partition coefficient (Wildman–Crippen LogP) is 4.58. The Labute approximate surface area is 254 Å². The third-order valence-corrected chi connectivity index (χ3v) is 9.67. The zero-order valence-corrected chi connectivity index (χ0v) is 25.7. The predicted molar refractivity (Wildman–Crippen MR) is 168 cm³/mol. The van der Waals surface area contributed by atoms with Crippen LogP contribution < -0.4 is 9.80 Å². The minimum absolute atomic E-state index is 0.226. The Morgan fingerprint density at radius 3 is 2.37 bits per heavy atom. The summed E-state index contributed by atoms with van der Waals surface area (Å²) in [6, 6.07) is 13.7. The maximum atomic E-state index is 14.9. The zero-order chi connectivity index (χ0) is 31.1. The molecular weight excluding hydrogens is 542 g/mol. The zero-order valence-electron chi connectivity index (χ0n) is 25.7. The van der Waals surface area contributed by atoms with E-state index in [4.69, 9.17) is 4.74 Å². The first kappa shape index (κ1) is 30.7. The Kier molecular flexibility index (Phi) is 8.38. The number of aliphatic hydroxyl groups excluding tert-OH is 1. The van der Waals surface area contributed by atoms with E-state index < -0.39 is 35.1 Å². The van der Waals surface area contributed by atoms with Crippen molar-refractivity contribution in [3.63, 3.8) is 0 Å². The number of para-hydroxylation sites is 1. The number of fused-ring (bicyclic) bond motifs is 1. The van der Waals surface area contributed by atoms with E-state index in [9.17, 15) is 19.5 Å². The molecule has 6 atom stereocenters. The molecule has 228 valence electrons. The lowest BCUT2D eigenvalue weighted by Gasteiger charge is -2.39. The Morgan fingerprint density at radius 1 is 1.07 bits per heavy atom. The summed E-state index contributed by atoms with van der Waals surface area (Å²) in [5, 5.41) is 10.4. The highest BCUT2D eigenvalue weighted by Crippen LogP contribution is 2.64. The number of amides is 3. The van der Waals surface area contributed by atoms with Gasteiger partial charge in [0, 0.05) is 24.5 Å². The van der Waals surface area contributed by atoms with Crippen LogP contribution in [0, 0.1) is 25.7 Å². The molecule has 2 aromatic rings. The number of hydrogen-bond donors (Lipinski definition) is 1. The number of benzene rings is 2. The Hall–Kier alpha value is -3.75. The summed E-state index contributed by atoms with van der Waals surface area (Å²) < 4.78 is 6.87. The van der Waals surface area contributed by atoms with E-state index in [0.29, 0.717) is 24.9 Å². The molecule has 2 aromatic carbocycles. The van der Waals surface area contributed by atoms with E-state index in [-0.39, 0.29) is 37.4 Å². The largest absolute Gasteiger partial charge is 0.394 e. The molecule has 3 aliphatic rings. The summed E-state index contributed by atoms with van der Waals surface area (Å²) in [5.74, 6) is -2.50. The number of hydrogen-bond acceptors (Lipinski definition) is 5. The normalized spacial score (nSPS) is 28.0. The van der Waals surface area contributed by atoms with Gasteiger partial charge in [-0.25, -0.2) is 0 Å². The fraction of sp³-hybridized carbons (Fsp3) is 0.457. The second-order valence-corrected chi connectivity index (χ2v) is 12.3. The van der Waals surface area contributed by atoms with Gasteiger partial charge in [-0.15, -0.1) is 13.2 Å². The van der Waals surface area contributed by atoms with E-state index in [1.165, 1.54) is 0 Å². The van der Waals surface area contributed by atoms with E-state index in [1.54, 1.807) is 26.9 Å². The van der Waals surface area contributed by atoms with Crippen molar-refractivity contribution in [2.24, 2.45) is 11.8 Å². The Morgan fingerprint density at radius 2 is 1.74 bits per heavy atom. The summed E-state index contributed by atoms with van der Waals surface area (Å²) >= 11 is 0. The molecule has 1 N–H and O–H groups in total. The van der Waals surface area contributed by atoms with Gasteiger partial charge < -0.3 is 24.5 Å². The maximum Gasteiger partial charge on any atom is 0.253 e. The summed E-state index contributed by atoms with van der Waals surface area (Å²) in [6.45, 7) is 15.7. The molecule has 0 aromatic heterocycles. The molecule has 3 saturated heterocycles. The second-order valence-electron chi connectivity index (χ2n) is 12.3. The fourth-order valence-corrected chi connectivity index (χ4v) is 7.65. The molecule has 8 nitrogen and oxygen atoms in total. The SMILES string of the molecule is C=CCN(C(=O)[C@H]1[C@H]2C(=O)N([C@@H](CC)CO)C(C(=O)N(CC=C)c3cc(C)ccc3C)C23CC[C@]1(C)O3)c1ccccc1. The van der Waals surface area contributed by atoms with Gasteiger partial charge in [0.15, 0.2) is 0 Å². The fourth-order valence-electron chi connectivity index (χ4n) is 7.65. The van der Waals surface area contributed by atoms with Gasteiger partial charge in [0.25, 0.3) is 5.91 Å². The Bertz CT molecular complexity index is 1420. The number of likely N-dealkylation sites (tertiary alicyclic amines) is 1. The molecule has 0 aliphatic carbocycles. The van der Waals surface area contributed by atoms with E-state index >= 15 is 0 Å². The lowest BCUT2D eigenvalue weighted by Crippen LogP contribution is -2.59. The lowest BCUT2D eigenvalue weighted by atomic mass is 9.66. The highest BCUT2D eigenvalue weighted by molar-refractivity contribution is 6.07. The van der Waals surface area contributed by atoms with Crippen molar-refractivity contribution in [1.82, 2.24) is 4.90 Å². The van der Waals surface area contributed by atoms with E-state index in [0.717, 1.165) is 16.8 Å². The molecule has 3 aliphatic heterocycles. The quantitative estimate of drug-likeness (QED) is 0.390. The molecule has 3 amide bonds. The third kappa shape index (κ3) is 4.81. The van der Waals surface area contributed by atoms with Crippen molar-refractivity contribution in [2.45, 2.75) is 70.2 Å². The highest BCUT2D eigenvalue weighted by Gasteiger charge is 2.79. The average molecular weight is 586 g/mol. The van der Waals surface area contributed by atoms with Gasteiger partial charge in [-0.3, -0.25) is 14.4 Å². The third-order valence-electron chi connectivity index (χ3n) is 9.67. The van der Waals surface area contributed by atoms with E-state index in [2.05, 4.69) is 13.2 Å². The molecule has 0 saturated carbocycles. The number of carbonyl (C=O) groups excluding carboxylic acids is 3. The number of ether oxygens (including phenoxy) is 1. The van der Waals surface area contributed by atoms with Gasteiger partial charge in [0.2, 0.25) is 11.8 Å². The van der Waals surface area contributed by atoms with Crippen molar-refractivity contribution in [1.29, 1.82) is 0 Å². The monoisotopic (exact) mass is 585 g/mol. The number of anilines is 2. The minimum atomic E-state index is -1.21. The molecular formula is C35H43N3O5.